The van der Waals surface area contributed by atoms with Gasteiger partial charge < -0.3 is 10.2 Å². The van der Waals surface area contributed by atoms with Crippen LogP contribution in [0.15, 0.2) is 0 Å². The minimum atomic E-state index is -0.405. The van der Waals surface area contributed by atoms with Crippen LogP contribution in [-0.2, 0) is 0 Å². The second kappa shape index (κ2) is 3.00. The van der Waals surface area contributed by atoms with Crippen molar-refractivity contribution in [1.29, 1.82) is 0 Å². The fourth-order valence-electron chi connectivity index (χ4n) is 2.82. The summed E-state index contributed by atoms with van der Waals surface area (Å²) in [5.41, 5.74) is -0.405. The van der Waals surface area contributed by atoms with Gasteiger partial charge in [-0.2, -0.15) is 0 Å². The summed E-state index contributed by atoms with van der Waals surface area (Å²) in [5.74, 6) is 0.384. The van der Waals surface area contributed by atoms with Gasteiger partial charge in [0, 0.05) is 0 Å². The van der Waals surface area contributed by atoms with Crippen LogP contribution < -0.4 is 0 Å². The second-order valence-electron chi connectivity index (χ2n) is 4.47. The molecular formula is C10H18O2. The molecular weight excluding hydrogens is 152 g/mol. The van der Waals surface area contributed by atoms with Gasteiger partial charge in [-0.25, -0.2) is 0 Å². The third kappa shape index (κ3) is 1.38. The number of aliphatic hydroxyl groups excluding tert-OH is 1. The SMILES string of the molecule is OC1CCC2(O)CCCCC2C1. The zero-order valence-corrected chi connectivity index (χ0v) is 7.50. The first-order chi connectivity index (χ1) is 5.71. The molecule has 0 aromatic heterocycles. The monoisotopic (exact) mass is 170 g/mol. The molecule has 2 N–H and O–H groups in total. The van der Waals surface area contributed by atoms with Crippen LogP contribution in [0.5, 0.6) is 0 Å². The van der Waals surface area contributed by atoms with Crippen molar-refractivity contribution in [2.45, 2.75) is 56.7 Å². The summed E-state index contributed by atoms with van der Waals surface area (Å²) >= 11 is 0. The van der Waals surface area contributed by atoms with Gasteiger partial charge in [0.05, 0.1) is 11.7 Å². The zero-order chi connectivity index (χ0) is 8.60. The van der Waals surface area contributed by atoms with Crippen molar-refractivity contribution in [2.75, 3.05) is 0 Å². The highest BCUT2D eigenvalue weighted by molar-refractivity contribution is 4.94. The first-order valence-electron chi connectivity index (χ1n) is 5.11. The molecule has 2 nitrogen and oxygen atoms in total. The molecule has 2 aliphatic rings. The third-order valence-corrected chi connectivity index (χ3v) is 3.64. The van der Waals surface area contributed by atoms with E-state index in [2.05, 4.69) is 0 Å². The highest BCUT2D eigenvalue weighted by Gasteiger charge is 2.42. The largest absolute Gasteiger partial charge is 0.393 e. The van der Waals surface area contributed by atoms with E-state index < -0.39 is 5.60 Å². The third-order valence-electron chi connectivity index (χ3n) is 3.64. The van der Waals surface area contributed by atoms with Gasteiger partial charge in [0.15, 0.2) is 0 Å². The Kier molecular flexibility index (Phi) is 2.13. The average Bonchev–Trinajstić information content (AvgIpc) is 2.06. The van der Waals surface area contributed by atoms with Gasteiger partial charge in [0.25, 0.3) is 0 Å². The second-order valence-corrected chi connectivity index (χ2v) is 4.47. The predicted molar refractivity (Wildman–Crippen MR) is 46.8 cm³/mol. The van der Waals surface area contributed by atoms with Crippen molar-refractivity contribution in [1.82, 2.24) is 0 Å². The molecule has 0 radical (unpaired) electrons. The summed E-state index contributed by atoms with van der Waals surface area (Å²) in [6.07, 6.45) is 6.79. The number of aliphatic hydroxyl groups is 2. The Hall–Kier alpha value is -0.0800. The predicted octanol–water partition coefficient (Wildman–Crippen LogP) is 1.45. The Balaban J connectivity index is 2.06. The molecule has 2 rings (SSSR count). The molecule has 12 heavy (non-hydrogen) atoms. The van der Waals surface area contributed by atoms with Gasteiger partial charge in [-0.05, 0) is 38.0 Å². The minimum Gasteiger partial charge on any atom is -0.393 e. The van der Waals surface area contributed by atoms with Crippen molar-refractivity contribution >= 4 is 0 Å². The van der Waals surface area contributed by atoms with Crippen LogP contribution in [0.2, 0.25) is 0 Å². The van der Waals surface area contributed by atoms with E-state index in [1.807, 2.05) is 0 Å². The van der Waals surface area contributed by atoms with Gasteiger partial charge in [-0.3, -0.25) is 0 Å². The molecule has 2 aliphatic carbocycles. The van der Waals surface area contributed by atoms with E-state index in [0.29, 0.717) is 5.92 Å². The lowest BCUT2D eigenvalue weighted by Gasteiger charge is -2.45. The maximum absolute atomic E-state index is 10.2. The normalized spacial score (nSPS) is 48.5. The van der Waals surface area contributed by atoms with E-state index in [1.165, 1.54) is 12.8 Å². The van der Waals surface area contributed by atoms with Crippen LogP contribution >= 0.6 is 0 Å². The van der Waals surface area contributed by atoms with E-state index in [1.54, 1.807) is 0 Å². The van der Waals surface area contributed by atoms with Crippen molar-refractivity contribution in [3.63, 3.8) is 0 Å². The van der Waals surface area contributed by atoms with E-state index in [0.717, 1.165) is 32.1 Å². The summed E-state index contributed by atoms with van der Waals surface area (Å²) < 4.78 is 0. The van der Waals surface area contributed by atoms with Gasteiger partial charge in [-0.15, -0.1) is 0 Å². The Morgan fingerprint density at radius 3 is 2.75 bits per heavy atom. The molecule has 0 amide bonds. The molecule has 0 aromatic carbocycles. The van der Waals surface area contributed by atoms with Crippen LogP contribution in [-0.4, -0.2) is 21.9 Å². The number of rotatable bonds is 0. The van der Waals surface area contributed by atoms with Crippen LogP contribution in [0.25, 0.3) is 0 Å². The summed E-state index contributed by atoms with van der Waals surface area (Å²) in [6.45, 7) is 0. The standard InChI is InChI=1S/C10H18O2/c11-9-4-6-10(12)5-2-1-3-8(10)7-9/h8-9,11-12H,1-7H2. The molecule has 0 aliphatic heterocycles. The molecule has 2 saturated carbocycles. The molecule has 0 spiro atoms. The maximum Gasteiger partial charge on any atom is 0.0677 e. The molecule has 2 heteroatoms. The zero-order valence-electron chi connectivity index (χ0n) is 7.50. The van der Waals surface area contributed by atoms with Gasteiger partial charge >= 0.3 is 0 Å². The summed E-state index contributed by atoms with van der Waals surface area (Å²) in [4.78, 5) is 0. The van der Waals surface area contributed by atoms with Crippen LogP contribution in [0.1, 0.15) is 44.9 Å². The highest BCUT2D eigenvalue weighted by Crippen LogP contribution is 2.43. The lowest BCUT2D eigenvalue weighted by atomic mass is 9.67. The smallest absolute Gasteiger partial charge is 0.0677 e. The first-order valence-corrected chi connectivity index (χ1v) is 5.11. The molecule has 0 aromatic rings. The van der Waals surface area contributed by atoms with Gasteiger partial charge in [0.2, 0.25) is 0 Å². The number of hydrogen-bond donors (Lipinski definition) is 2. The van der Waals surface area contributed by atoms with E-state index in [-0.39, 0.29) is 6.10 Å². The topological polar surface area (TPSA) is 40.5 Å². The molecule has 3 atom stereocenters. The Labute approximate surface area is 73.6 Å². The van der Waals surface area contributed by atoms with Crippen LogP contribution in [0.4, 0.5) is 0 Å². The van der Waals surface area contributed by atoms with Crippen molar-refractivity contribution in [3.8, 4) is 0 Å². The lowest BCUT2D eigenvalue weighted by Crippen LogP contribution is -2.46. The van der Waals surface area contributed by atoms with Crippen molar-refractivity contribution in [3.05, 3.63) is 0 Å². The van der Waals surface area contributed by atoms with Crippen molar-refractivity contribution < 1.29 is 10.2 Å². The summed E-state index contributed by atoms with van der Waals surface area (Å²) in [6, 6.07) is 0. The lowest BCUT2D eigenvalue weighted by molar-refractivity contribution is -0.102. The molecule has 3 unspecified atom stereocenters. The molecule has 0 bridgehead atoms. The Bertz CT molecular complexity index is 169. The molecule has 0 saturated heterocycles. The average molecular weight is 170 g/mol. The van der Waals surface area contributed by atoms with E-state index >= 15 is 0 Å². The van der Waals surface area contributed by atoms with Gasteiger partial charge in [-0.1, -0.05) is 12.8 Å². The number of fused-ring (bicyclic) bond motifs is 1. The minimum absolute atomic E-state index is 0.145. The summed E-state index contributed by atoms with van der Waals surface area (Å²) in [5, 5.41) is 19.6. The fraction of sp³-hybridized carbons (Fsp3) is 1.00. The Morgan fingerprint density at radius 2 is 1.92 bits per heavy atom. The van der Waals surface area contributed by atoms with Crippen LogP contribution in [0, 0.1) is 5.92 Å². The highest BCUT2D eigenvalue weighted by atomic mass is 16.3. The van der Waals surface area contributed by atoms with E-state index in [9.17, 15) is 10.2 Å². The first kappa shape index (κ1) is 8.52. The van der Waals surface area contributed by atoms with E-state index in [4.69, 9.17) is 0 Å². The van der Waals surface area contributed by atoms with Crippen LogP contribution in [0.3, 0.4) is 0 Å². The number of hydrogen-bond acceptors (Lipinski definition) is 2. The molecule has 2 fully saturated rings. The molecule has 0 heterocycles. The molecule has 70 valence electrons. The van der Waals surface area contributed by atoms with Crippen molar-refractivity contribution in [2.24, 2.45) is 5.92 Å². The quantitative estimate of drug-likeness (QED) is 0.577. The maximum atomic E-state index is 10.2. The summed E-state index contributed by atoms with van der Waals surface area (Å²) in [7, 11) is 0. The van der Waals surface area contributed by atoms with Gasteiger partial charge in [0.1, 0.15) is 0 Å². The Morgan fingerprint density at radius 1 is 1.08 bits per heavy atom. The fourth-order valence-corrected chi connectivity index (χ4v) is 2.82.